The first-order chi connectivity index (χ1) is 10.2. The number of hydrogen-bond donors (Lipinski definition) is 1. The molecular formula is C14H22IN5O2. The Labute approximate surface area is 146 Å². The summed E-state index contributed by atoms with van der Waals surface area (Å²) in [5.74, 6) is 3.52. The highest BCUT2D eigenvalue weighted by Crippen LogP contribution is 2.47. The van der Waals surface area contributed by atoms with E-state index in [1.807, 2.05) is 14.0 Å². The highest BCUT2D eigenvalue weighted by Gasteiger charge is 2.53. The van der Waals surface area contributed by atoms with Gasteiger partial charge in [-0.3, -0.25) is 4.99 Å². The zero-order chi connectivity index (χ0) is 14.4. The van der Waals surface area contributed by atoms with E-state index in [0.29, 0.717) is 42.3 Å². The molecule has 4 heterocycles. The van der Waals surface area contributed by atoms with E-state index >= 15 is 0 Å². The molecule has 22 heavy (non-hydrogen) atoms. The number of aromatic nitrogens is 2. The van der Waals surface area contributed by atoms with E-state index in [0.717, 1.165) is 19.0 Å². The summed E-state index contributed by atoms with van der Waals surface area (Å²) in [6.45, 7) is 4.41. The highest BCUT2D eigenvalue weighted by molar-refractivity contribution is 14.0. The van der Waals surface area contributed by atoms with Crippen LogP contribution in [0.1, 0.15) is 24.6 Å². The fourth-order valence-corrected chi connectivity index (χ4v) is 4.03. The molecule has 0 radical (unpaired) electrons. The molecule has 1 aromatic heterocycles. The van der Waals surface area contributed by atoms with Crippen molar-refractivity contribution in [1.82, 2.24) is 20.4 Å². The summed E-state index contributed by atoms with van der Waals surface area (Å²) < 4.78 is 11.1. The Hall–Kier alpha value is -0.900. The molecule has 4 rings (SSSR count). The maximum Gasteiger partial charge on any atom is 0.246 e. The zero-order valence-electron chi connectivity index (χ0n) is 12.9. The molecule has 1 N–H and O–H groups in total. The lowest BCUT2D eigenvalue weighted by molar-refractivity contribution is 0.0767. The van der Waals surface area contributed by atoms with Crippen LogP contribution in [0.3, 0.4) is 0 Å². The molecule has 7 nitrogen and oxygen atoms in total. The van der Waals surface area contributed by atoms with Crippen LogP contribution in [0.5, 0.6) is 0 Å². The second-order valence-electron chi connectivity index (χ2n) is 6.16. The molecule has 3 aliphatic heterocycles. The van der Waals surface area contributed by atoms with Crippen molar-refractivity contribution >= 4 is 29.9 Å². The van der Waals surface area contributed by atoms with E-state index in [2.05, 4.69) is 25.3 Å². The molecule has 3 aliphatic rings. The maximum atomic E-state index is 6.01. The minimum absolute atomic E-state index is 0. The molecule has 0 aromatic carbocycles. The van der Waals surface area contributed by atoms with Crippen LogP contribution >= 0.6 is 24.0 Å². The topological polar surface area (TPSA) is 75.8 Å². The van der Waals surface area contributed by atoms with Crippen molar-refractivity contribution in [3.05, 3.63) is 11.7 Å². The normalized spacial score (nSPS) is 33.0. The van der Waals surface area contributed by atoms with Crippen molar-refractivity contribution in [3.8, 4) is 0 Å². The predicted molar refractivity (Wildman–Crippen MR) is 91.1 cm³/mol. The molecule has 3 saturated heterocycles. The molecule has 0 amide bonds. The van der Waals surface area contributed by atoms with E-state index in [-0.39, 0.29) is 24.0 Å². The average Bonchev–Trinajstić information content (AvgIpc) is 3.20. The van der Waals surface area contributed by atoms with Gasteiger partial charge in [0.15, 0.2) is 11.8 Å². The number of rotatable bonds is 2. The molecule has 8 heteroatoms. The standard InChI is InChI=1S/C14H21N5O2.HI/c1-8-17-13(21-18-8)5-16-14(15-2)19-6-9-10(7-19)12-4-3-11(9)20-12;/h9-12H,3-7H2,1-2H3,(H,15,16);1H. The Morgan fingerprint density at radius 1 is 1.32 bits per heavy atom. The predicted octanol–water partition coefficient (Wildman–Crippen LogP) is 1.18. The maximum absolute atomic E-state index is 6.01. The van der Waals surface area contributed by atoms with Crippen molar-refractivity contribution < 1.29 is 9.26 Å². The van der Waals surface area contributed by atoms with Crippen LogP contribution in [0.2, 0.25) is 0 Å². The number of aryl methyl sites for hydroxylation is 1. The monoisotopic (exact) mass is 419 g/mol. The van der Waals surface area contributed by atoms with Gasteiger partial charge < -0.3 is 19.5 Å². The van der Waals surface area contributed by atoms with E-state index < -0.39 is 0 Å². The fourth-order valence-electron chi connectivity index (χ4n) is 4.03. The summed E-state index contributed by atoms with van der Waals surface area (Å²) in [6.07, 6.45) is 3.41. The van der Waals surface area contributed by atoms with E-state index in [1.165, 1.54) is 12.8 Å². The largest absolute Gasteiger partial charge is 0.374 e. The van der Waals surface area contributed by atoms with Crippen LogP contribution in [0, 0.1) is 18.8 Å². The molecule has 4 unspecified atom stereocenters. The van der Waals surface area contributed by atoms with Crippen LogP contribution in [0.25, 0.3) is 0 Å². The fraction of sp³-hybridized carbons (Fsp3) is 0.786. The molecule has 0 aliphatic carbocycles. The third-order valence-corrected chi connectivity index (χ3v) is 4.93. The highest BCUT2D eigenvalue weighted by atomic mass is 127. The van der Waals surface area contributed by atoms with E-state index in [4.69, 9.17) is 9.26 Å². The molecule has 0 spiro atoms. The number of halogens is 1. The number of nitrogens with one attached hydrogen (secondary N) is 1. The van der Waals surface area contributed by atoms with Gasteiger partial charge in [0.2, 0.25) is 5.89 Å². The van der Waals surface area contributed by atoms with Crippen molar-refractivity contribution in [2.24, 2.45) is 16.8 Å². The van der Waals surface area contributed by atoms with Gasteiger partial charge in [0.1, 0.15) is 0 Å². The van der Waals surface area contributed by atoms with Gasteiger partial charge in [-0.25, -0.2) is 0 Å². The SMILES string of the molecule is CN=C(NCc1nc(C)no1)N1CC2C3CCC(O3)C2C1.I. The Morgan fingerprint density at radius 2 is 2.00 bits per heavy atom. The molecular weight excluding hydrogens is 397 g/mol. The van der Waals surface area contributed by atoms with Gasteiger partial charge in [0.05, 0.1) is 18.8 Å². The summed E-state index contributed by atoms with van der Waals surface area (Å²) in [6, 6.07) is 0. The summed E-state index contributed by atoms with van der Waals surface area (Å²) in [5, 5.41) is 7.12. The summed E-state index contributed by atoms with van der Waals surface area (Å²) in [4.78, 5) is 10.9. The van der Waals surface area contributed by atoms with Gasteiger partial charge in [-0.15, -0.1) is 24.0 Å². The molecule has 3 fully saturated rings. The zero-order valence-corrected chi connectivity index (χ0v) is 15.2. The Morgan fingerprint density at radius 3 is 2.55 bits per heavy atom. The lowest BCUT2D eigenvalue weighted by atomic mass is 9.82. The Balaban J connectivity index is 0.00000144. The number of hydrogen-bond acceptors (Lipinski definition) is 5. The van der Waals surface area contributed by atoms with Crippen molar-refractivity contribution in [2.45, 2.75) is 38.5 Å². The Bertz CT molecular complexity index is 545. The number of guanidine groups is 1. The lowest BCUT2D eigenvalue weighted by Crippen LogP contribution is -2.41. The molecule has 122 valence electrons. The number of ether oxygens (including phenoxy) is 1. The van der Waals surface area contributed by atoms with Gasteiger partial charge >= 0.3 is 0 Å². The average molecular weight is 419 g/mol. The lowest BCUT2D eigenvalue weighted by Gasteiger charge is -2.22. The third-order valence-electron chi connectivity index (χ3n) is 4.93. The van der Waals surface area contributed by atoms with Crippen LogP contribution < -0.4 is 5.32 Å². The van der Waals surface area contributed by atoms with Crippen LogP contribution in [-0.4, -0.2) is 53.3 Å². The van der Waals surface area contributed by atoms with E-state index in [9.17, 15) is 0 Å². The molecule has 0 saturated carbocycles. The van der Waals surface area contributed by atoms with Crippen LogP contribution in [-0.2, 0) is 11.3 Å². The summed E-state index contributed by atoms with van der Waals surface area (Å²) in [5.41, 5.74) is 0. The summed E-state index contributed by atoms with van der Waals surface area (Å²) in [7, 11) is 1.82. The molecule has 1 aromatic rings. The second-order valence-corrected chi connectivity index (χ2v) is 6.16. The van der Waals surface area contributed by atoms with Gasteiger partial charge in [-0.2, -0.15) is 4.98 Å². The number of aliphatic imine (C=N–C) groups is 1. The molecule has 4 atom stereocenters. The third kappa shape index (κ3) is 2.70. The van der Waals surface area contributed by atoms with Gasteiger partial charge in [-0.05, 0) is 19.8 Å². The smallest absolute Gasteiger partial charge is 0.246 e. The van der Waals surface area contributed by atoms with Gasteiger partial charge in [0, 0.05) is 32.0 Å². The number of likely N-dealkylation sites (tertiary alicyclic amines) is 1. The minimum Gasteiger partial charge on any atom is -0.374 e. The van der Waals surface area contributed by atoms with E-state index in [1.54, 1.807) is 0 Å². The van der Waals surface area contributed by atoms with Crippen LogP contribution in [0.15, 0.2) is 9.52 Å². The van der Waals surface area contributed by atoms with Crippen molar-refractivity contribution in [3.63, 3.8) is 0 Å². The molecule has 2 bridgehead atoms. The first-order valence-electron chi connectivity index (χ1n) is 7.65. The minimum atomic E-state index is 0. The van der Waals surface area contributed by atoms with Gasteiger partial charge in [-0.1, -0.05) is 5.16 Å². The number of fused-ring (bicyclic) bond motifs is 5. The quantitative estimate of drug-likeness (QED) is 0.441. The number of nitrogens with zero attached hydrogens (tertiary/aromatic N) is 4. The second kappa shape index (κ2) is 6.31. The Kier molecular flexibility index (Phi) is 4.58. The first kappa shape index (κ1) is 16.0. The first-order valence-corrected chi connectivity index (χ1v) is 7.65. The summed E-state index contributed by atoms with van der Waals surface area (Å²) >= 11 is 0. The van der Waals surface area contributed by atoms with Crippen LogP contribution in [0.4, 0.5) is 0 Å². The van der Waals surface area contributed by atoms with Crippen molar-refractivity contribution in [2.75, 3.05) is 20.1 Å². The van der Waals surface area contributed by atoms with Crippen molar-refractivity contribution in [1.29, 1.82) is 0 Å². The van der Waals surface area contributed by atoms with Gasteiger partial charge in [0.25, 0.3) is 0 Å².